The van der Waals surface area contributed by atoms with Crippen molar-refractivity contribution in [1.29, 1.82) is 0 Å². The fourth-order valence-corrected chi connectivity index (χ4v) is 3.44. The van der Waals surface area contributed by atoms with E-state index < -0.39 is 0 Å². The van der Waals surface area contributed by atoms with E-state index in [1.807, 2.05) is 30.0 Å². The van der Waals surface area contributed by atoms with E-state index in [2.05, 4.69) is 37.1 Å². The fourth-order valence-electron chi connectivity index (χ4n) is 3.44. The highest BCUT2D eigenvalue weighted by Gasteiger charge is 2.25. The Morgan fingerprint density at radius 3 is 2.37 bits per heavy atom. The van der Waals surface area contributed by atoms with Crippen LogP contribution in [-0.4, -0.2) is 59.4 Å². The third-order valence-corrected chi connectivity index (χ3v) is 5.04. The first-order chi connectivity index (χ1) is 12.7. The second kappa shape index (κ2) is 7.62. The largest absolute Gasteiger partial charge is 0.358 e. The third-order valence-electron chi connectivity index (χ3n) is 5.04. The summed E-state index contributed by atoms with van der Waals surface area (Å²) in [4.78, 5) is 32.1. The zero-order valence-corrected chi connectivity index (χ0v) is 16.8. The standard InChI is InChI=1S/C21H30N4O2/c1-15-17(16-7-5-6-8-18(16)23-15)13-19(26)24-9-11-25(12-10-24)20(27)22-14-21(2,3)4/h5-8,23H,9-14H2,1-4H3,(H,22,27). The predicted octanol–water partition coefficient (Wildman–Crippen LogP) is 2.92. The van der Waals surface area contributed by atoms with Crippen molar-refractivity contribution < 1.29 is 9.59 Å². The lowest BCUT2D eigenvalue weighted by atomic mass is 9.97. The van der Waals surface area contributed by atoms with Crippen LogP contribution in [-0.2, 0) is 11.2 Å². The van der Waals surface area contributed by atoms with Gasteiger partial charge in [0.25, 0.3) is 0 Å². The lowest BCUT2D eigenvalue weighted by Crippen LogP contribution is -2.54. The first-order valence-corrected chi connectivity index (χ1v) is 9.61. The highest BCUT2D eigenvalue weighted by molar-refractivity contribution is 5.90. The molecular weight excluding hydrogens is 340 g/mol. The lowest BCUT2D eigenvalue weighted by Gasteiger charge is -2.35. The lowest BCUT2D eigenvalue weighted by molar-refractivity contribution is -0.131. The van der Waals surface area contributed by atoms with Crippen LogP contribution in [0.5, 0.6) is 0 Å². The van der Waals surface area contributed by atoms with E-state index in [0.717, 1.165) is 22.2 Å². The monoisotopic (exact) mass is 370 g/mol. The molecule has 2 N–H and O–H groups in total. The maximum Gasteiger partial charge on any atom is 0.317 e. The third kappa shape index (κ3) is 4.62. The molecule has 0 spiro atoms. The van der Waals surface area contributed by atoms with Crippen LogP contribution in [0.1, 0.15) is 32.0 Å². The average Bonchev–Trinajstić information content (AvgIpc) is 2.94. The summed E-state index contributed by atoms with van der Waals surface area (Å²) in [5, 5.41) is 4.09. The highest BCUT2D eigenvalue weighted by atomic mass is 16.2. The van der Waals surface area contributed by atoms with Crippen molar-refractivity contribution in [2.45, 2.75) is 34.1 Å². The summed E-state index contributed by atoms with van der Waals surface area (Å²) in [6, 6.07) is 8.04. The number of rotatable bonds is 3. The summed E-state index contributed by atoms with van der Waals surface area (Å²) in [6.45, 7) is 11.3. The van der Waals surface area contributed by atoms with Gasteiger partial charge in [-0.15, -0.1) is 0 Å². The van der Waals surface area contributed by atoms with Gasteiger partial charge in [0, 0.05) is 49.3 Å². The zero-order valence-electron chi connectivity index (χ0n) is 16.8. The van der Waals surface area contributed by atoms with Gasteiger partial charge in [0.2, 0.25) is 5.91 Å². The molecule has 3 rings (SSSR count). The maximum absolute atomic E-state index is 12.8. The number of benzene rings is 1. The van der Waals surface area contributed by atoms with Crippen molar-refractivity contribution in [3.05, 3.63) is 35.5 Å². The second-order valence-corrected chi connectivity index (χ2v) is 8.54. The molecule has 1 aromatic heterocycles. The molecule has 0 saturated carbocycles. The number of hydrogen-bond donors (Lipinski definition) is 2. The van der Waals surface area contributed by atoms with Gasteiger partial charge in [-0.3, -0.25) is 4.79 Å². The van der Waals surface area contributed by atoms with Gasteiger partial charge < -0.3 is 20.1 Å². The van der Waals surface area contributed by atoms with Gasteiger partial charge in [-0.05, 0) is 24.0 Å². The number of fused-ring (bicyclic) bond motifs is 1. The first kappa shape index (κ1) is 19.3. The molecule has 6 nitrogen and oxygen atoms in total. The molecule has 0 bridgehead atoms. The number of hydrogen-bond acceptors (Lipinski definition) is 2. The molecule has 1 aliphatic heterocycles. The zero-order chi connectivity index (χ0) is 19.6. The number of amides is 3. The minimum atomic E-state index is -0.0375. The molecule has 1 fully saturated rings. The Morgan fingerprint density at radius 1 is 1.07 bits per heavy atom. The minimum Gasteiger partial charge on any atom is -0.358 e. The topological polar surface area (TPSA) is 68.4 Å². The number of piperazine rings is 1. The summed E-state index contributed by atoms with van der Waals surface area (Å²) >= 11 is 0. The van der Waals surface area contributed by atoms with Gasteiger partial charge in [0.1, 0.15) is 0 Å². The number of nitrogens with zero attached hydrogens (tertiary/aromatic N) is 2. The van der Waals surface area contributed by atoms with Crippen LogP contribution in [0.25, 0.3) is 10.9 Å². The molecule has 1 aromatic carbocycles. The Hall–Kier alpha value is -2.50. The van der Waals surface area contributed by atoms with Crippen molar-refractivity contribution in [1.82, 2.24) is 20.1 Å². The van der Waals surface area contributed by atoms with Gasteiger partial charge in [-0.1, -0.05) is 39.0 Å². The van der Waals surface area contributed by atoms with Crippen molar-refractivity contribution in [3.8, 4) is 0 Å². The number of aryl methyl sites for hydroxylation is 1. The van der Waals surface area contributed by atoms with E-state index >= 15 is 0 Å². The van der Waals surface area contributed by atoms with Crippen molar-refractivity contribution >= 4 is 22.8 Å². The Bertz CT molecular complexity index is 826. The summed E-state index contributed by atoms with van der Waals surface area (Å²) in [7, 11) is 0. The summed E-state index contributed by atoms with van der Waals surface area (Å²) in [5.41, 5.74) is 3.24. The SMILES string of the molecule is Cc1[nH]c2ccccc2c1CC(=O)N1CCN(C(=O)NCC(C)(C)C)CC1. The number of carbonyl (C=O) groups is 2. The Labute approximate surface area is 160 Å². The van der Waals surface area contributed by atoms with Crippen molar-refractivity contribution in [3.63, 3.8) is 0 Å². The molecule has 0 unspecified atom stereocenters. The Morgan fingerprint density at radius 2 is 1.70 bits per heavy atom. The van der Waals surface area contributed by atoms with Crippen LogP contribution in [0.15, 0.2) is 24.3 Å². The quantitative estimate of drug-likeness (QED) is 0.872. The predicted molar refractivity (Wildman–Crippen MR) is 108 cm³/mol. The van der Waals surface area contributed by atoms with E-state index in [0.29, 0.717) is 39.1 Å². The summed E-state index contributed by atoms with van der Waals surface area (Å²) < 4.78 is 0. The molecular formula is C21H30N4O2. The molecule has 2 heterocycles. The van der Waals surface area contributed by atoms with E-state index in [4.69, 9.17) is 0 Å². The van der Waals surface area contributed by atoms with Crippen LogP contribution in [0, 0.1) is 12.3 Å². The van der Waals surface area contributed by atoms with Crippen LogP contribution >= 0.6 is 0 Å². The van der Waals surface area contributed by atoms with E-state index in [-0.39, 0.29) is 17.4 Å². The van der Waals surface area contributed by atoms with Crippen LogP contribution in [0.4, 0.5) is 4.79 Å². The van der Waals surface area contributed by atoms with Crippen molar-refractivity contribution in [2.24, 2.45) is 5.41 Å². The van der Waals surface area contributed by atoms with Gasteiger partial charge in [-0.25, -0.2) is 4.79 Å². The number of aromatic amines is 1. The second-order valence-electron chi connectivity index (χ2n) is 8.54. The normalized spacial score (nSPS) is 15.3. The molecule has 3 amide bonds. The van der Waals surface area contributed by atoms with Crippen LogP contribution in [0.2, 0.25) is 0 Å². The smallest absolute Gasteiger partial charge is 0.317 e. The van der Waals surface area contributed by atoms with Gasteiger partial charge in [-0.2, -0.15) is 0 Å². The molecule has 2 aromatic rings. The Balaban J connectivity index is 1.56. The summed E-state index contributed by atoms with van der Waals surface area (Å²) in [6.07, 6.45) is 0.395. The van der Waals surface area contributed by atoms with Crippen LogP contribution < -0.4 is 5.32 Å². The maximum atomic E-state index is 12.8. The molecule has 0 radical (unpaired) electrons. The molecule has 27 heavy (non-hydrogen) atoms. The fraction of sp³-hybridized carbons (Fsp3) is 0.524. The molecule has 1 saturated heterocycles. The number of carbonyl (C=O) groups excluding carboxylic acids is 2. The molecule has 0 atom stereocenters. The molecule has 6 heteroatoms. The number of aromatic nitrogens is 1. The number of H-pyrrole nitrogens is 1. The number of urea groups is 1. The van der Waals surface area contributed by atoms with E-state index in [1.54, 1.807) is 4.90 Å². The highest BCUT2D eigenvalue weighted by Crippen LogP contribution is 2.23. The Kier molecular flexibility index (Phi) is 5.44. The summed E-state index contributed by atoms with van der Waals surface area (Å²) in [5.74, 6) is 0.123. The van der Waals surface area contributed by atoms with Gasteiger partial charge in [0.15, 0.2) is 0 Å². The molecule has 1 aliphatic rings. The van der Waals surface area contributed by atoms with Crippen molar-refractivity contribution in [2.75, 3.05) is 32.7 Å². The number of para-hydroxylation sites is 1. The van der Waals surface area contributed by atoms with Crippen LogP contribution in [0.3, 0.4) is 0 Å². The average molecular weight is 370 g/mol. The molecule has 0 aliphatic carbocycles. The van der Waals surface area contributed by atoms with E-state index in [9.17, 15) is 9.59 Å². The molecule has 146 valence electrons. The van der Waals surface area contributed by atoms with E-state index in [1.165, 1.54) is 0 Å². The van der Waals surface area contributed by atoms with Gasteiger partial charge >= 0.3 is 6.03 Å². The van der Waals surface area contributed by atoms with Gasteiger partial charge in [0.05, 0.1) is 6.42 Å². The number of nitrogens with one attached hydrogen (secondary N) is 2. The minimum absolute atomic E-state index is 0.0375. The first-order valence-electron chi connectivity index (χ1n) is 9.61.